The van der Waals surface area contributed by atoms with Crippen LogP contribution >= 0.6 is 11.3 Å². The van der Waals surface area contributed by atoms with Crippen molar-refractivity contribution in [1.82, 2.24) is 15.0 Å². The van der Waals surface area contributed by atoms with Gasteiger partial charge >= 0.3 is 5.97 Å². The number of carbonyl (C=O) groups excluding carboxylic acids is 1. The molecule has 0 radical (unpaired) electrons. The van der Waals surface area contributed by atoms with Gasteiger partial charge in [-0.25, -0.2) is 19.2 Å². The standard InChI is InChI=1S/C21H16FN3O3S/c1-11-17(29-20(23-11)13-7-9-14(22)10-8-13)21(27)28-12(2)18-24-16-6-4-3-5-15(16)19(26)25-18/h3-10,12H,1-2H3,(H,24,25,26)/t12-/m0/s1. The molecule has 0 spiro atoms. The number of aromatic amines is 1. The van der Waals surface area contributed by atoms with Crippen molar-refractivity contribution in [3.05, 3.63) is 81.1 Å². The second-order valence-corrected chi connectivity index (χ2v) is 7.46. The van der Waals surface area contributed by atoms with Crippen LogP contribution in [0.25, 0.3) is 21.5 Å². The first-order valence-corrected chi connectivity index (χ1v) is 9.67. The normalized spacial score (nSPS) is 12.1. The van der Waals surface area contributed by atoms with Crippen LogP contribution in [0.2, 0.25) is 0 Å². The van der Waals surface area contributed by atoms with E-state index >= 15 is 0 Å². The number of hydrogen-bond acceptors (Lipinski definition) is 6. The van der Waals surface area contributed by atoms with Gasteiger partial charge in [-0.2, -0.15) is 0 Å². The van der Waals surface area contributed by atoms with Gasteiger partial charge in [0, 0.05) is 5.56 Å². The fourth-order valence-corrected chi connectivity index (χ4v) is 3.82. The molecule has 0 aliphatic heterocycles. The van der Waals surface area contributed by atoms with Crippen LogP contribution in [0.5, 0.6) is 0 Å². The summed E-state index contributed by atoms with van der Waals surface area (Å²) in [4.78, 5) is 36.7. The van der Waals surface area contributed by atoms with Crippen molar-refractivity contribution >= 4 is 28.2 Å². The maximum atomic E-state index is 13.1. The fraction of sp³-hybridized carbons (Fsp3) is 0.143. The lowest BCUT2D eigenvalue weighted by Gasteiger charge is -2.12. The Morgan fingerprint density at radius 2 is 1.86 bits per heavy atom. The highest BCUT2D eigenvalue weighted by Gasteiger charge is 2.22. The molecule has 0 aliphatic carbocycles. The summed E-state index contributed by atoms with van der Waals surface area (Å²) in [5, 5.41) is 1.07. The molecule has 1 atom stereocenters. The SMILES string of the molecule is Cc1nc(-c2ccc(F)cc2)sc1C(=O)O[C@@H](C)c1nc2ccccc2c(=O)[nH]1. The van der Waals surface area contributed by atoms with E-state index in [1.165, 1.54) is 23.5 Å². The van der Waals surface area contributed by atoms with Crippen LogP contribution in [0.3, 0.4) is 0 Å². The Labute approximate surface area is 169 Å². The van der Waals surface area contributed by atoms with Crippen molar-refractivity contribution in [3.63, 3.8) is 0 Å². The second-order valence-electron chi connectivity index (χ2n) is 6.46. The number of aryl methyl sites for hydroxylation is 1. The van der Waals surface area contributed by atoms with E-state index in [4.69, 9.17) is 4.74 Å². The Morgan fingerprint density at radius 1 is 1.14 bits per heavy atom. The number of hydrogen-bond donors (Lipinski definition) is 1. The van der Waals surface area contributed by atoms with Gasteiger partial charge in [0.05, 0.1) is 16.6 Å². The van der Waals surface area contributed by atoms with Crippen molar-refractivity contribution in [2.75, 3.05) is 0 Å². The van der Waals surface area contributed by atoms with Crippen LogP contribution < -0.4 is 5.56 Å². The number of esters is 1. The van der Waals surface area contributed by atoms with E-state index in [2.05, 4.69) is 15.0 Å². The minimum absolute atomic E-state index is 0.267. The number of nitrogens with zero attached hydrogens (tertiary/aromatic N) is 2. The third kappa shape index (κ3) is 3.79. The maximum Gasteiger partial charge on any atom is 0.350 e. The average molecular weight is 409 g/mol. The van der Waals surface area contributed by atoms with Crippen LogP contribution in [-0.4, -0.2) is 20.9 Å². The summed E-state index contributed by atoms with van der Waals surface area (Å²) in [6.45, 7) is 3.35. The molecule has 1 N–H and O–H groups in total. The first-order chi connectivity index (χ1) is 13.9. The molecule has 0 aliphatic rings. The minimum Gasteiger partial charge on any atom is -0.450 e. The molecule has 2 heterocycles. The summed E-state index contributed by atoms with van der Waals surface area (Å²) < 4.78 is 18.6. The number of thiazole rings is 1. The van der Waals surface area contributed by atoms with Crippen molar-refractivity contribution in [2.24, 2.45) is 0 Å². The summed E-state index contributed by atoms with van der Waals surface area (Å²) in [5.41, 5.74) is 1.47. The number of halogens is 1. The Kier molecular flexibility index (Phi) is 4.94. The van der Waals surface area contributed by atoms with E-state index < -0.39 is 12.1 Å². The van der Waals surface area contributed by atoms with Gasteiger partial charge in [0.2, 0.25) is 0 Å². The lowest BCUT2D eigenvalue weighted by molar-refractivity contribution is 0.0325. The predicted octanol–water partition coefficient (Wildman–Crippen LogP) is 4.41. The zero-order valence-electron chi connectivity index (χ0n) is 15.6. The molecule has 0 saturated heterocycles. The average Bonchev–Trinajstić information content (AvgIpc) is 3.10. The minimum atomic E-state index is -0.754. The Morgan fingerprint density at radius 3 is 2.62 bits per heavy atom. The zero-order chi connectivity index (χ0) is 20.5. The second kappa shape index (κ2) is 7.56. The van der Waals surface area contributed by atoms with Gasteiger partial charge in [-0.15, -0.1) is 11.3 Å². The molecule has 4 aromatic rings. The highest BCUT2D eigenvalue weighted by atomic mass is 32.1. The maximum absolute atomic E-state index is 13.1. The Balaban J connectivity index is 1.58. The van der Waals surface area contributed by atoms with Gasteiger partial charge in [0.15, 0.2) is 11.9 Å². The van der Waals surface area contributed by atoms with E-state index in [0.29, 0.717) is 32.0 Å². The largest absolute Gasteiger partial charge is 0.450 e. The summed E-state index contributed by atoms with van der Waals surface area (Å²) in [6.07, 6.45) is -0.754. The third-order valence-electron chi connectivity index (χ3n) is 4.37. The third-order valence-corrected chi connectivity index (χ3v) is 5.56. The number of carbonyl (C=O) groups is 1. The molecule has 0 fully saturated rings. The number of H-pyrrole nitrogens is 1. The number of fused-ring (bicyclic) bond motifs is 1. The van der Waals surface area contributed by atoms with Gasteiger partial charge in [-0.3, -0.25) is 4.79 Å². The number of aromatic nitrogens is 3. The van der Waals surface area contributed by atoms with Gasteiger partial charge < -0.3 is 9.72 Å². The van der Waals surface area contributed by atoms with Crippen LogP contribution in [0.15, 0.2) is 53.3 Å². The van der Waals surface area contributed by atoms with E-state index in [1.807, 2.05) is 0 Å². The molecule has 6 nitrogen and oxygen atoms in total. The quantitative estimate of drug-likeness (QED) is 0.505. The van der Waals surface area contributed by atoms with Crippen LogP contribution in [0.1, 0.15) is 34.2 Å². The molecular weight excluding hydrogens is 393 g/mol. The summed E-state index contributed by atoms with van der Waals surface area (Å²) >= 11 is 1.17. The van der Waals surface area contributed by atoms with Crippen molar-refractivity contribution < 1.29 is 13.9 Å². The summed E-state index contributed by atoms with van der Waals surface area (Å²) in [6, 6.07) is 12.8. The van der Waals surface area contributed by atoms with Crippen LogP contribution in [0.4, 0.5) is 4.39 Å². The van der Waals surface area contributed by atoms with Crippen molar-refractivity contribution in [1.29, 1.82) is 0 Å². The number of rotatable bonds is 4. The van der Waals surface area contributed by atoms with E-state index in [-0.39, 0.29) is 17.2 Å². The van der Waals surface area contributed by atoms with Crippen molar-refractivity contribution in [2.45, 2.75) is 20.0 Å². The van der Waals surface area contributed by atoms with E-state index in [9.17, 15) is 14.0 Å². The predicted molar refractivity (Wildman–Crippen MR) is 108 cm³/mol. The number of benzene rings is 2. The molecule has 0 saturated carbocycles. The molecule has 0 amide bonds. The molecule has 8 heteroatoms. The van der Waals surface area contributed by atoms with Gasteiger partial charge in [0.25, 0.3) is 5.56 Å². The first kappa shape index (κ1) is 18.9. The van der Waals surface area contributed by atoms with Gasteiger partial charge in [-0.05, 0) is 50.2 Å². The van der Waals surface area contributed by atoms with E-state index in [0.717, 1.165) is 0 Å². The van der Waals surface area contributed by atoms with Crippen LogP contribution in [0, 0.1) is 12.7 Å². The molecule has 0 bridgehead atoms. The Hall–Kier alpha value is -3.39. The molecule has 4 rings (SSSR count). The molecule has 2 aromatic heterocycles. The molecule has 0 unspecified atom stereocenters. The zero-order valence-corrected chi connectivity index (χ0v) is 16.4. The smallest absolute Gasteiger partial charge is 0.350 e. The first-order valence-electron chi connectivity index (χ1n) is 8.85. The lowest BCUT2D eigenvalue weighted by atomic mass is 10.2. The van der Waals surface area contributed by atoms with E-state index in [1.54, 1.807) is 50.2 Å². The van der Waals surface area contributed by atoms with Crippen LogP contribution in [-0.2, 0) is 4.74 Å². The number of ether oxygens (including phenoxy) is 1. The summed E-state index contributed by atoms with van der Waals surface area (Å²) in [7, 11) is 0. The molecule has 29 heavy (non-hydrogen) atoms. The number of nitrogens with one attached hydrogen (secondary N) is 1. The lowest BCUT2D eigenvalue weighted by Crippen LogP contribution is -2.17. The monoisotopic (exact) mass is 409 g/mol. The van der Waals surface area contributed by atoms with Crippen molar-refractivity contribution in [3.8, 4) is 10.6 Å². The van der Waals surface area contributed by atoms with Gasteiger partial charge in [0.1, 0.15) is 15.7 Å². The highest BCUT2D eigenvalue weighted by Crippen LogP contribution is 2.29. The number of para-hydroxylation sites is 1. The highest BCUT2D eigenvalue weighted by molar-refractivity contribution is 7.17. The van der Waals surface area contributed by atoms with Gasteiger partial charge in [-0.1, -0.05) is 12.1 Å². The Bertz CT molecular complexity index is 1260. The fourth-order valence-electron chi connectivity index (χ4n) is 2.87. The molecule has 146 valence electrons. The topological polar surface area (TPSA) is 84.9 Å². The summed E-state index contributed by atoms with van der Waals surface area (Å²) in [5.74, 6) is -0.632. The molecular formula is C21H16FN3O3S. The molecule has 2 aromatic carbocycles.